The van der Waals surface area contributed by atoms with E-state index in [4.69, 9.17) is 0 Å². The molecule has 2 saturated heterocycles. The van der Waals surface area contributed by atoms with Crippen LogP contribution >= 0.6 is 0 Å². The fourth-order valence-corrected chi connectivity index (χ4v) is 2.87. The maximum absolute atomic E-state index is 13.7. The fraction of sp³-hybridized carbons (Fsp3) is 0.500. The third-order valence-corrected chi connectivity index (χ3v) is 4.17. The van der Waals surface area contributed by atoms with E-state index in [1.54, 1.807) is 16.8 Å². The molecular weight excluding hydrogens is 275 g/mol. The number of halogens is 1. The van der Waals surface area contributed by atoms with Crippen molar-refractivity contribution in [1.29, 1.82) is 0 Å². The summed E-state index contributed by atoms with van der Waals surface area (Å²) < 4.78 is 13.7. The number of piperazine rings is 2. The standard InChI is InChI=1S/C14H17FN4O2/c1-17-4-5-18-6-7-19(9-12(18)14(17)21)13(20)10-2-3-16-8-11(10)15/h2-3,8,12H,4-7,9H2,1H3/t12-/m1/s1. The van der Waals surface area contributed by atoms with E-state index >= 15 is 0 Å². The van der Waals surface area contributed by atoms with Crippen LogP contribution in [-0.2, 0) is 4.79 Å². The molecule has 2 aliphatic heterocycles. The molecule has 2 aliphatic rings. The van der Waals surface area contributed by atoms with Crippen LogP contribution in [0.2, 0.25) is 0 Å². The van der Waals surface area contributed by atoms with Gasteiger partial charge in [-0.3, -0.25) is 19.5 Å². The van der Waals surface area contributed by atoms with Gasteiger partial charge in [0.15, 0.2) is 5.82 Å². The van der Waals surface area contributed by atoms with Crippen molar-refractivity contribution in [3.8, 4) is 0 Å². The van der Waals surface area contributed by atoms with Gasteiger partial charge in [0.2, 0.25) is 5.91 Å². The Labute approximate surface area is 122 Å². The van der Waals surface area contributed by atoms with Crippen LogP contribution in [0, 0.1) is 5.82 Å². The first-order chi connectivity index (χ1) is 10.1. The van der Waals surface area contributed by atoms with E-state index in [1.165, 1.54) is 12.3 Å². The molecule has 0 saturated carbocycles. The normalized spacial score (nSPS) is 23.1. The first-order valence-electron chi connectivity index (χ1n) is 6.96. The molecule has 21 heavy (non-hydrogen) atoms. The Bertz CT molecular complexity index is 580. The first-order valence-corrected chi connectivity index (χ1v) is 6.96. The fourth-order valence-electron chi connectivity index (χ4n) is 2.87. The molecule has 2 amide bonds. The van der Waals surface area contributed by atoms with Crippen molar-refractivity contribution in [2.45, 2.75) is 6.04 Å². The van der Waals surface area contributed by atoms with Gasteiger partial charge < -0.3 is 9.80 Å². The number of hydrogen-bond acceptors (Lipinski definition) is 4. The van der Waals surface area contributed by atoms with Gasteiger partial charge in [0.1, 0.15) is 6.04 Å². The van der Waals surface area contributed by atoms with Crippen LogP contribution in [0.5, 0.6) is 0 Å². The molecule has 1 aromatic heterocycles. The summed E-state index contributed by atoms with van der Waals surface area (Å²) in [4.78, 5) is 33.6. The molecule has 0 aliphatic carbocycles. The number of nitrogens with zero attached hydrogens (tertiary/aromatic N) is 4. The summed E-state index contributed by atoms with van der Waals surface area (Å²) in [5.41, 5.74) is 0.00932. The molecule has 0 bridgehead atoms. The van der Waals surface area contributed by atoms with Gasteiger partial charge >= 0.3 is 0 Å². The molecule has 1 atom stereocenters. The molecule has 0 radical (unpaired) electrons. The second-order valence-electron chi connectivity index (χ2n) is 5.42. The molecule has 3 rings (SSSR count). The molecule has 7 heteroatoms. The molecule has 3 heterocycles. The van der Waals surface area contributed by atoms with Gasteiger partial charge in [-0.1, -0.05) is 0 Å². The van der Waals surface area contributed by atoms with Gasteiger partial charge in [0, 0.05) is 46.0 Å². The highest BCUT2D eigenvalue weighted by Gasteiger charge is 2.38. The van der Waals surface area contributed by atoms with Crippen molar-refractivity contribution in [2.75, 3.05) is 39.8 Å². The number of hydrogen-bond donors (Lipinski definition) is 0. The van der Waals surface area contributed by atoms with Crippen LogP contribution in [0.4, 0.5) is 4.39 Å². The predicted molar refractivity (Wildman–Crippen MR) is 73.1 cm³/mol. The van der Waals surface area contributed by atoms with Crippen LogP contribution in [0.25, 0.3) is 0 Å². The molecule has 6 nitrogen and oxygen atoms in total. The zero-order chi connectivity index (χ0) is 15.0. The van der Waals surface area contributed by atoms with Gasteiger partial charge in [-0.2, -0.15) is 0 Å². The molecule has 0 spiro atoms. The van der Waals surface area contributed by atoms with Crippen LogP contribution in [0.1, 0.15) is 10.4 Å². The average Bonchev–Trinajstić information content (AvgIpc) is 2.50. The lowest BCUT2D eigenvalue weighted by Crippen LogP contribution is -2.64. The van der Waals surface area contributed by atoms with Crippen LogP contribution in [-0.4, -0.2) is 77.3 Å². The van der Waals surface area contributed by atoms with Gasteiger partial charge in [0.25, 0.3) is 5.91 Å². The summed E-state index contributed by atoms with van der Waals surface area (Å²) in [6, 6.07) is 1.06. The summed E-state index contributed by atoms with van der Waals surface area (Å²) >= 11 is 0. The molecule has 1 aromatic rings. The van der Waals surface area contributed by atoms with Gasteiger partial charge in [0.05, 0.1) is 11.8 Å². The molecule has 2 fully saturated rings. The Morgan fingerprint density at radius 3 is 2.86 bits per heavy atom. The van der Waals surface area contributed by atoms with Crippen LogP contribution in [0.3, 0.4) is 0 Å². The lowest BCUT2D eigenvalue weighted by atomic mass is 10.1. The minimum atomic E-state index is -0.628. The van der Waals surface area contributed by atoms with Gasteiger partial charge in [-0.25, -0.2) is 4.39 Å². The number of aromatic nitrogens is 1. The Morgan fingerprint density at radius 2 is 2.10 bits per heavy atom. The zero-order valence-corrected chi connectivity index (χ0v) is 11.8. The Balaban J connectivity index is 1.77. The van der Waals surface area contributed by atoms with Gasteiger partial charge in [-0.15, -0.1) is 0 Å². The van der Waals surface area contributed by atoms with Crippen molar-refractivity contribution in [3.05, 3.63) is 29.8 Å². The van der Waals surface area contributed by atoms with Crippen molar-refractivity contribution in [3.63, 3.8) is 0 Å². The number of carbonyl (C=O) groups excluding carboxylic acids is 2. The Hall–Kier alpha value is -2.02. The molecule has 0 unspecified atom stereocenters. The maximum atomic E-state index is 13.7. The van der Waals surface area contributed by atoms with E-state index in [1.807, 2.05) is 0 Å². The summed E-state index contributed by atoms with van der Waals surface area (Å²) in [7, 11) is 1.77. The number of fused-ring (bicyclic) bond motifs is 1. The van der Waals surface area contributed by atoms with E-state index in [2.05, 4.69) is 9.88 Å². The van der Waals surface area contributed by atoms with Crippen molar-refractivity contribution in [2.24, 2.45) is 0 Å². The third-order valence-electron chi connectivity index (χ3n) is 4.17. The Morgan fingerprint density at radius 1 is 1.33 bits per heavy atom. The van der Waals surface area contributed by atoms with E-state index < -0.39 is 5.82 Å². The topological polar surface area (TPSA) is 56.8 Å². The minimum Gasteiger partial charge on any atom is -0.343 e. The van der Waals surface area contributed by atoms with Crippen molar-refractivity contribution in [1.82, 2.24) is 19.7 Å². The minimum absolute atomic E-state index is 0.00932. The summed E-state index contributed by atoms with van der Waals surface area (Å²) in [5, 5.41) is 0. The van der Waals surface area contributed by atoms with Gasteiger partial charge in [-0.05, 0) is 6.07 Å². The molecule has 0 aromatic carbocycles. The zero-order valence-electron chi connectivity index (χ0n) is 11.8. The van der Waals surface area contributed by atoms with E-state index in [-0.39, 0.29) is 23.4 Å². The highest BCUT2D eigenvalue weighted by Crippen LogP contribution is 2.18. The van der Waals surface area contributed by atoms with E-state index in [0.29, 0.717) is 26.2 Å². The highest BCUT2D eigenvalue weighted by molar-refractivity contribution is 5.95. The maximum Gasteiger partial charge on any atom is 0.257 e. The number of likely N-dealkylation sites (N-methyl/N-ethyl adjacent to an activating group) is 1. The summed E-state index contributed by atoms with van der Waals surface area (Å²) in [6.07, 6.45) is 2.43. The number of pyridine rings is 1. The Kier molecular flexibility index (Phi) is 3.59. The quantitative estimate of drug-likeness (QED) is 0.720. The third kappa shape index (κ3) is 2.49. The SMILES string of the molecule is CN1CCN2CCN(C(=O)c3ccncc3F)C[C@@H]2C1=O. The predicted octanol–water partition coefficient (Wildman–Crippen LogP) is -0.181. The average molecular weight is 292 g/mol. The van der Waals surface area contributed by atoms with Crippen LogP contribution < -0.4 is 0 Å². The summed E-state index contributed by atoms with van der Waals surface area (Å²) in [5.74, 6) is -0.985. The monoisotopic (exact) mass is 292 g/mol. The molecular formula is C14H17FN4O2. The summed E-state index contributed by atoms with van der Waals surface area (Å²) in [6.45, 7) is 2.99. The second kappa shape index (κ2) is 5.40. The highest BCUT2D eigenvalue weighted by atomic mass is 19.1. The van der Waals surface area contributed by atoms with Crippen LogP contribution in [0.15, 0.2) is 18.5 Å². The molecule has 112 valence electrons. The number of carbonyl (C=O) groups is 2. The number of amides is 2. The smallest absolute Gasteiger partial charge is 0.257 e. The largest absolute Gasteiger partial charge is 0.343 e. The second-order valence-corrected chi connectivity index (χ2v) is 5.42. The molecule has 0 N–H and O–H groups in total. The lowest BCUT2D eigenvalue weighted by molar-refractivity contribution is -0.142. The van der Waals surface area contributed by atoms with E-state index in [9.17, 15) is 14.0 Å². The van der Waals surface area contributed by atoms with E-state index in [0.717, 1.165) is 12.7 Å². The lowest BCUT2D eigenvalue weighted by Gasteiger charge is -2.45. The number of rotatable bonds is 1. The van der Waals surface area contributed by atoms with Crippen molar-refractivity contribution >= 4 is 11.8 Å². The first kappa shape index (κ1) is 13.9. The van der Waals surface area contributed by atoms with Crippen molar-refractivity contribution < 1.29 is 14.0 Å².